The number of nitrogens with one attached hydrogen (secondary N) is 2. The molecular weight excluding hydrogens is 346 g/mol. The number of fused-ring (bicyclic) bond motifs is 1. The molecule has 2 N–H and O–H groups in total. The number of aromatic nitrogens is 1. The van der Waals surface area contributed by atoms with Crippen molar-refractivity contribution in [2.24, 2.45) is 0 Å². The fourth-order valence-electron chi connectivity index (χ4n) is 3.36. The molecule has 2 heterocycles. The Morgan fingerprint density at radius 3 is 2.81 bits per heavy atom. The lowest BCUT2D eigenvalue weighted by molar-refractivity contribution is 0.0897. The zero-order valence-corrected chi connectivity index (χ0v) is 16.5. The van der Waals surface area contributed by atoms with Gasteiger partial charge in [0.15, 0.2) is 5.11 Å². The Morgan fingerprint density at radius 2 is 2.12 bits per heavy atom. The molecule has 0 bridgehead atoms. The summed E-state index contributed by atoms with van der Waals surface area (Å²) in [5.74, 6) is 0. The first kappa shape index (κ1) is 18.9. The summed E-state index contributed by atoms with van der Waals surface area (Å²) in [6.07, 6.45) is 2.30. The molecule has 1 atom stereocenters. The molecular formula is C20H27N3O2S. The minimum absolute atomic E-state index is 0.0580. The topological polar surface area (TPSA) is 57.4 Å². The third-order valence-corrected chi connectivity index (χ3v) is 5.36. The maximum absolute atomic E-state index is 12.6. The van der Waals surface area contributed by atoms with E-state index in [9.17, 15) is 4.79 Å². The van der Waals surface area contributed by atoms with E-state index in [2.05, 4.69) is 30.2 Å². The molecule has 0 amide bonds. The number of thiocarbonyl (C=S) groups is 1. The zero-order valence-electron chi connectivity index (χ0n) is 15.7. The molecule has 0 saturated carbocycles. The fourth-order valence-corrected chi connectivity index (χ4v) is 3.64. The first-order valence-corrected chi connectivity index (χ1v) is 9.66. The molecule has 6 heteroatoms. The molecule has 1 aromatic heterocycles. The van der Waals surface area contributed by atoms with Gasteiger partial charge in [-0.2, -0.15) is 0 Å². The van der Waals surface area contributed by atoms with Gasteiger partial charge in [-0.25, -0.2) is 0 Å². The smallest absolute Gasteiger partial charge is 0.253 e. The molecule has 1 fully saturated rings. The maximum atomic E-state index is 12.6. The Morgan fingerprint density at radius 1 is 1.35 bits per heavy atom. The van der Waals surface area contributed by atoms with Gasteiger partial charge in [0.05, 0.1) is 12.6 Å². The largest absolute Gasteiger partial charge is 0.376 e. The lowest BCUT2D eigenvalue weighted by Crippen LogP contribution is -2.43. The number of hydrogen-bond acceptors (Lipinski definition) is 3. The van der Waals surface area contributed by atoms with Gasteiger partial charge >= 0.3 is 0 Å². The molecule has 2 aromatic rings. The number of pyridine rings is 1. The lowest BCUT2D eigenvalue weighted by Gasteiger charge is -2.28. The molecule has 0 spiro atoms. The highest BCUT2D eigenvalue weighted by Gasteiger charge is 2.21. The van der Waals surface area contributed by atoms with E-state index in [1.807, 2.05) is 24.0 Å². The van der Waals surface area contributed by atoms with Gasteiger partial charge in [0.1, 0.15) is 0 Å². The number of H-pyrrole nitrogens is 1. The second kappa shape index (κ2) is 8.18. The quantitative estimate of drug-likeness (QED) is 0.789. The van der Waals surface area contributed by atoms with Gasteiger partial charge in [-0.15, -0.1) is 0 Å². The molecule has 3 rings (SSSR count). The van der Waals surface area contributed by atoms with Crippen molar-refractivity contribution in [1.82, 2.24) is 15.2 Å². The predicted molar refractivity (Wildman–Crippen MR) is 110 cm³/mol. The summed E-state index contributed by atoms with van der Waals surface area (Å²) < 4.78 is 5.76. The predicted octanol–water partition coefficient (Wildman–Crippen LogP) is 3.02. The summed E-state index contributed by atoms with van der Waals surface area (Å²) in [5.41, 5.74) is 3.93. The molecule has 1 saturated heterocycles. The molecule has 140 valence electrons. The van der Waals surface area contributed by atoms with Crippen LogP contribution in [0.5, 0.6) is 0 Å². The van der Waals surface area contributed by atoms with Gasteiger partial charge in [0.25, 0.3) is 5.56 Å². The van der Waals surface area contributed by atoms with Gasteiger partial charge in [0, 0.05) is 30.8 Å². The fraction of sp³-hybridized carbons (Fsp3) is 0.500. The number of aryl methyl sites for hydroxylation is 2. The van der Waals surface area contributed by atoms with E-state index in [0.29, 0.717) is 18.2 Å². The summed E-state index contributed by atoms with van der Waals surface area (Å²) >= 11 is 5.53. The number of nitrogens with zero attached hydrogens (tertiary/aromatic N) is 1. The second-order valence-corrected chi connectivity index (χ2v) is 7.39. The maximum Gasteiger partial charge on any atom is 0.253 e. The van der Waals surface area contributed by atoms with Gasteiger partial charge < -0.3 is 19.9 Å². The highest BCUT2D eigenvalue weighted by atomic mass is 32.1. The van der Waals surface area contributed by atoms with Crippen LogP contribution >= 0.6 is 12.2 Å². The Balaban J connectivity index is 1.89. The van der Waals surface area contributed by atoms with Crippen LogP contribution in [-0.4, -0.2) is 40.8 Å². The monoisotopic (exact) mass is 373 g/mol. The first-order chi connectivity index (χ1) is 12.5. The summed E-state index contributed by atoms with van der Waals surface area (Å²) in [6, 6.07) is 6.14. The third kappa shape index (κ3) is 4.24. The number of benzene rings is 1. The van der Waals surface area contributed by atoms with Crippen molar-refractivity contribution in [3.63, 3.8) is 0 Å². The van der Waals surface area contributed by atoms with Gasteiger partial charge in [-0.05, 0) is 80.5 Å². The average molecular weight is 374 g/mol. The van der Waals surface area contributed by atoms with E-state index in [1.54, 1.807) is 0 Å². The molecule has 1 aliphatic heterocycles. The summed E-state index contributed by atoms with van der Waals surface area (Å²) in [6.45, 7) is 8.91. The lowest BCUT2D eigenvalue weighted by atomic mass is 10.0. The van der Waals surface area contributed by atoms with Gasteiger partial charge in [-0.3, -0.25) is 4.79 Å². The normalized spacial score (nSPS) is 16.8. The van der Waals surface area contributed by atoms with Crippen molar-refractivity contribution in [2.45, 2.75) is 46.3 Å². The Labute approximate surface area is 159 Å². The van der Waals surface area contributed by atoms with Crippen LogP contribution in [0.2, 0.25) is 0 Å². The van der Waals surface area contributed by atoms with Crippen molar-refractivity contribution >= 4 is 28.2 Å². The van der Waals surface area contributed by atoms with E-state index in [0.717, 1.165) is 42.5 Å². The van der Waals surface area contributed by atoms with Crippen molar-refractivity contribution in [3.05, 3.63) is 45.2 Å². The highest BCUT2D eigenvalue weighted by molar-refractivity contribution is 7.80. The average Bonchev–Trinajstić information content (AvgIpc) is 3.10. The minimum Gasteiger partial charge on any atom is -0.376 e. The Kier molecular flexibility index (Phi) is 5.94. The van der Waals surface area contributed by atoms with Crippen LogP contribution in [0.25, 0.3) is 10.9 Å². The van der Waals surface area contributed by atoms with E-state index >= 15 is 0 Å². The Hall–Kier alpha value is -1.92. The van der Waals surface area contributed by atoms with Crippen molar-refractivity contribution < 1.29 is 4.74 Å². The van der Waals surface area contributed by atoms with Crippen LogP contribution in [0.15, 0.2) is 23.0 Å². The summed E-state index contributed by atoms with van der Waals surface area (Å²) in [5, 5.41) is 4.92. The van der Waals surface area contributed by atoms with Crippen molar-refractivity contribution in [3.8, 4) is 0 Å². The molecule has 26 heavy (non-hydrogen) atoms. The summed E-state index contributed by atoms with van der Waals surface area (Å²) in [4.78, 5) is 17.7. The molecule has 1 aliphatic rings. The first-order valence-electron chi connectivity index (χ1n) is 9.25. The van der Waals surface area contributed by atoms with Crippen LogP contribution in [0, 0.1) is 13.8 Å². The third-order valence-electron chi connectivity index (χ3n) is 4.96. The molecule has 0 aliphatic carbocycles. The number of rotatable bonds is 5. The standard InChI is InChI=1S/C20H27N3O2S/c1-4-21-20(26)23(12-17-6-5-7-25-17)11-16-10-15-8-13(2)14(3)9-18(15)22-19(16)24/h8-10,17H,4-7,11-12H2,1-3H3,(H,21,26)(H,22,24)/t17-/m1/s1. The SMILES string of the molecule is CCNC(=S)N(Cc1cc2cc(C)c(C)cc2[nH]c1=O)C[C@H]1CCCO1. The summed E-state index contributed by atoms with van der Waals surface area (Å²) in [7, 11) is 0. The van der Waals surface area contributed by atoms with Crippen LogP contribution in [-0.2, 0) is 11.3 Å². The second-order valence-electron chi connectivity index (χ2n) is 7.00. The van der Waals surface area contributed by atoms with E-state index in [1.165, 1.54) is 11.1 Å². The Bertz CT molecular complexity index is 856. The molecule has 1 aromatic carbocycles. The van der Waals surface area contributed by atoms with E-state index in [-0.39, 0.29) is 11.7 Å². The minimum atomic E-state index is -0.0580. The van der Waals surface area contributed by atoms with Crippen molar-refractivity contribution in [1.29, 1.82) is 0 Å². The highest BCUT2D eigenvalue weighted by Crippen LogP contribution is 2.19. The van der Waals surface area contributed by atoms with Crippen LogP contribution < -0.4 is 10.9 Å². The van der Waals surface area contributed by atoms with Crippen LogP contribution in [0.1, 0.15) is 36.5 Å². The van der Waals surface area contributed by atoms with E-state index < -0.39 is 0 Å². The number of ether oxygens (including phenoxy) is 1. The molecule has 5 nitrogen and oxygen atoms in total. The zero-order chi connectivity index (χ0) is 18.7. The van der Waals surface area contributed by atoms with E-state index in [4.69, 9.17) is 17.0 Å². The molecule has 0 radical (unpaired) electrons. The number of aromatic amines is 1. The van der Waals surface area contributed by atoms with Gasteiger partial charge in [0.2, 0.25) is 0 Å². The van der Waals surface area contributed by atoms with Crippen LogP contribution in [0.4, 0.5) is 0 Å². The molecule has 0 unspecified atom stereocenters. The van der Waals surface area contributed by atoms with Crippen LogP contribution in [0.3, 0.4) is 0 Å². The number of hydrogen-bond donors (Lipinski definition) is 2. The van der Waals surface area contributed by atoms with Gasteiger partial charge in [-0.1, -0.05) is 0 Å². The van der Waals surface area contributed by atoms with Crippen molar-refractivity contribution in [2.75, 3.05) is 19.7 Å².